The topological polar surface area (TPSA) is 51.9 Å². The molecule has 1 heterocycles. The Morgan fingerprint density at radius 3 is 2.42 bits per heavy atom. The lowest BCUT2D eigenvalue weighted by atomic mass is 10.0. The number of hydrogen-bond acceptors (Lipinski definition) is 4. The molecule has 1 amide bonds. The van der Waals surface area contributed by atoms with Gasteiger partial charge in [-0.1, -0.05) is 41.9 Å². The number of carbonyl (C=O) groups excluding carboxylic acids is 1. The molecule has 6 heteroatoms. The van der Waals surface area contributed by atoms with Crippen LogP contribution in [0.3, 0.4) is 0 Å². The maximum Gasteiger partial charge on any atom is 0.210 e. The van der Waals surface area contributed by atoms with Crippen LogP contribution in [0.4, 0.5) is 0 Å². The van der Waals surface area contributed by atoms with Gasteiger partial charge in [0.25, 0.3) is 0 Å². The van der Waals surface area contributed by atoms with Crippen LogP contribution in [0.2, 0.25) is 5.02 Å². The van der Waals surface area contributed by atoms with Gasteiger partial charge in [-0.25, -0.2) is 0 Å². The van der Waals surface area contributed by atoms with Gasteiger partial charge in [0.15, 0.2) is 6.29 Å². The molecule has 1 aromatic heterocycles. The number of rotatable bonds is 8. The van der Waals surface area contributed by atoms with E-state index in [0.717, 1.165) is 22.9 Å². The summed E-state index contributed by atoms with van der Waals surface area (Å²) in [5.41, 5.74) is 1.65. The van der Waals surface area contributed by atoms with Crippen molar-refractivity contribution in [2.75, 3.05) is 20.8 Å². The smallest absolute Gasteiger partial charge is 0.210 e. The monoisotopic (exact) mass is 373 g/mol. The van der Waals surface area contributed by atoms with Crippen molar-refractivity contribution in [2.45, 2.75) is 12.3 Å². The van der Waals surface area contributed by atoms with E-state index in [1.54, 1.807) is 17.0 Å². The molecule has 0 N–H and O–H groups in total. The van der Waals surface area contributed by atoms with Crippen molar-refractivity contribution in [3.63, 3.8) is 0 Å². The number of fused-ring (bicyclic) bond motifs is 1. The second-order valence-electron chi connectivity index (χ2n) is 5.84. The van der Waals surface area contributed by atoms with Crippen molar-refractivity contribution < 1.29 is 18.7 Å². The third-order valence-electron chi connectivity index (χ3n) is 4.25. The van der Waals surface area contributed by atoms with Gasteiger partial charge in [0.1, 0.15) is 17.4 Å². The highest BCUT2D eigenvalue weighted by Crippen LogP contribution is 2.33. The van der Waals surface area contributed by atoms with Gasteiger partial charge in [-0.15, -0.1) is 0 Å². The normalized spacial score (nSPS) is 12.5. The second-order valence-corrected chi connectivity index (χ2v) is 6.28. The van der Waals surface area contributed by atoms with Crippen LogP contribution in [0.25, 0.3) is 11.0 Å². The first kappa shape index (κ1) is 18.5. The number of para-hydroxylation sites is 1. The molecule has 0 bridgehead atoms. The summed E-state index contributed by atoms with van der Waals surface area (Å²) in [6, 6.07) is 16.6. The van der Waals surface area contributed by atoms with Crippen LogP contribution >= 0.6 is 11.6 Å². The molecular weight excluding hydrogens is 354 g/mol. The van der Waals surface area contributed by atoms with E-state index in [4.69, 9.17) is 25.5 Å². The van der Waals surface area contributed by atoms with Crippen LogP contribution in [0.5, 0.6) is 0 Å². The SMILES string of the molecule is COC(CN(C=O)[C@@H](c1ccc(Cl)cc1)c1cc2ccccc2o1)OC. The minimum absolute atomic E-state index is 0.251. The highest BCUT2D eigenvalue weighted by molar-refractivity contribution is 6.30. The molecule has 0 saturated heterocycles. The lowest BCUT2D eigenvalue weighted by Gasteiger charge is -2.29. The number of hydrogen-bond donors (Lipinski definition) is 0. The molecule has 136 valence electrons. The molecule has 0 fully saturated rings. The fourth-order valence-electron chi connectivity index (χ4n) is 2.93. The quantitative estimate of drug-likeness (QED) is 0.437. The van der Waals surface area contributed by atoms with Gasteiger partial charge in [0.2, 0.25) is 6.41 Å². The fourth-order valence-corrected chi connectivity index (χ4v) is 3.05. The van der Waals surface area contributed by atoms with Gasteiger partial charge >= 0.3 is 0 Å². The van der Waals surface area contributed by atoms with Crippen LogP contribution in [0.15, 0.2) is 59.0 Å². The van der Waals surface area contributed by atoms with E-state index in [0.29, 0.717) is 10.8 Å². The van der Waals surface area contributed by atoms with Crippen molar-refractivity contribution in [2.24, 2.45) is 0 Å². The average molecular weight is 374 g/mol. The molecule has 26 heavy (non-hydrogen) atoms. The standard InChI is InChI=1S/C20H20ClNO4/c1-24-19(25-2)12-22(13-23)20(14-7-9-16(21)10-8-14)18-11-15-5-3-4-6-17(15)26-18/h3-11,13,19-20H,12H2,1-2H3/t20-/m0/s1. The summed E-state index contributed by atoms with van der Waals surface area (Å²) >= 11 is 6.02. The molecule has 0 radical (unpaired) electrons. The van der Waals surface area contributed by atoms with Gasteiger partial charge in [0.05, 0.1) is 6.54 Å². The highest BCUT2D eigenvalue weighted by atomic mass is 35.5. The fraction of sp³-hybridized carbons (Fsp3) is 0.250. The lowest BCUT2D eigenvalue weighted by Crippen LogP contribution is -2.36. The molecule has 1 atom stereocenters. The predicted molar refractivity (Wildman–Crippen MR) is 100 cm³/mol. The molecule has 3 aromatic rings. The van der Waals surface area contributed by atoms with E-state index in [9.17, 15) is 4.79 Å². The van der Waals surface area contributed by atoms with Crippen molar-refractivity contribution in [1.29, 1.82) is 0 Å². The van der Waals surface area contributed by atoms with Crippen molar-refractivity contribution in [3.05, 3.63) is 70.9 Å². The Balaban J connectivity index is 2.05. The van der Waals surface area contributed by atoms with E-state index in [1.165, 1.54) is 14.2 Å². The van der Waals surface area contributed by atoms with E-state index >= 15 is 0 Å². The molecule has 0 aliphatic heterocycles. The maximum atomic E-state index is 11.9. The summed E-state index contributed by atoms with van der Waals surface area (Å²) in [5.74, 6) is 0.659. The molecule has 0 aliphatic rings. The van der Waals surface area contributed by atoms with Crippen LogP contribution in [-0.4, -0.2) is 38.4 Å². The molecular formula is C20H20ClNO4. The maximum absolute atomic E-state index is 11.9. The summed E-state index contributed by atoms with van der Waals surface area (Å²) in [7, 11) is 3.07. The first-order valence-corrected chi connectivity index (χ1v) is 8.54. The lowest BCUT2D eigenvalue weighted by molar-refractivity contribution is -0.138. The van der Waals surface area contributed by atoms with Crippen molar-refractivity contribution in [3.8, 4) is 0 Å². The third-order valence-corrected chi connectivity index (χ3v) is 4.50. The van der Waals surface area contributed by atoms with Crippen LogP contribution in [-0.2, 0) is 14.3 Å². The van der Waals surface area contributed by atoms with E-state index < -0.39 is 12.3 Å². The molecule has 0 unspecified atom stereocenters. The Hall–Kier alpha value is -2.34. The largest absolute Gasteiger partial charge is 0.458 e. The summed E-state index contributed by atoms with van der Waals surface area (Å²) in [4.78, 5) is 13.5. The number of carbonyl (C=O) groups is 1. The molecule has 3 rings (SSSR count). The number of nitrogens with zero attached hydrogens (tertiary/aromatic N) is 1. The molecule has 0 aliphatic carbocycles. The molecule has 5 nitrogen and oxygen atoms in total. The Bertz CT molecular complexity index is 825. The summed E-state index contributed by atoms with van der Waals surface area (Å²) in [6.07, 6.45) is 0.233. The first-order chi connectivity index (χ1) is 12.7. The number of halogens is 1. The molecule has 2 aromatic carbocycles. The van der Waals surface area contributed by atoms with Crippen LogP contribution in [0, 0.1) is 0 Å². The second kappa shape index (κ2) is 8.36. The van der Waals surface area contributed by atoms with Crippen molar-refractivity contribution in [1.82, 2.24) is 4.90 Å². The van der Waals surface area contributed by atoms with Crippen LogP contribution in [0.1, 0.15) is 17.4 Å². The van der Waals surface area contributed by atoms with Gasteiger partial charge in [0, 0.05) is 24.6 Å². The Labute approximate surface area is 157 Å². The van der Waals surface area contributed by atoms with Gasteiger partial charge in [-0.3, -0.25) is 4.79 Å². The Kier molecular flexibility index (Phi) is 5.93. The molecule has 0 saturated carbocycles. The van der Waals surface area contributed by atoms with Crippen LogP contribution < -0.4 is 0 Å². The van der Waals surface area contributed by atoms with E-state index in [2.05, 4.69) is 0 Å². The zero-order valence-corrected chi connectivity index (χ0v) is 15.3. The van der Waals surface area contributed by atoms with Gasteiger partial charge < -0.3 is 18.8 Å². The molecule has 0 spiro atoms. The van der Waals surface area contributed by atoms with Gasteiger partial charge in [-0.2, -0.15) is 0 Å². The third kappa shape index (κ3) is 3.90. The number of methoxy groups -OCH3 is 2. The number of amides is 1. The predicted octanol–water partition coefficient (Wildman–Crippen LogP) is 4.25. The number of benzene rings is 2. The van der Waals surface area contributed by atoms with Gasteiger partial charge in [-0.05, 0) is 29.8 Å². The first-order valence-electron chi connectivity index (χ1n) is 8.17. The Morgan fingerprint density at radius 1 is 1.12 bits per heavy atom. The highest BCUT2D eigenvalue weighted by Gasteiger charge is 2.27. The zero-order valence-electron chi connectivity index (χ0n) is 14.6. The minimum Gasteiger partial charge on any atom is -0.458 e. The minimum atomic E-state index is -0.542. The number of ether oxygens (including phenoxy) is 2. The summed E-state index contributed by atoms with van der Waals surface area (Å²) in [6.45, 7) is 0.251. The Morgan fingerprint density at radius 2 is 1.81 bits per heavy atom. The van der Waals surface area contributed by atoms with E-state index in [-0.39, 0.29) is 6.54 Å². The summed E-state index contributed by atoms with van der Waals surface area (Å²) in [5, 5.41) is 1.60. The average Bonchev–Trinajstić information content (AvgIpc) is 3.09. The van der Waals surface area contributed by atoms with Crippen molar-refractivity contribution >= 4 is 29.0 Å². The van der Waals surface area contributed by atoms with E-state index in [1.807, 2.05) is 42.5 Å². The summed E-state index contributed by atoms with van der Waals surface area (Å²) < 4.78 is 16.5. The zero-order chi connectivity index (χ0) is 18.5. The number of furan rings is 1.